The Hall–Kier alpha value is -3.75. The average molecular weight is 777 g/mol. The number of nitrogens with zero attached hydrogens (tertiary/aromatic N) is 4. The topological polar surface area (TPSA) is 147 Å². The minimum atomic E-state index is -0.918. The number of hydroxylamine groups is 2. The molecule has 3 amide bonds. The zero-order valence-electron chi connectivity index (χ0n) is 34.7. The van der Waals surface area contributed by atoms with Gasteiger partial charge in [-0.05, 0) is 93.6 Å². The molecule has 0 spiro atoms. The second kappa shape index (κ2) is 17.0. The van der Waals surface area contributed by atoms with E-state index in [0.29, 0.717) is 48.7 Å². The third-order valence-corrected chi connectivity index (χ3v) is 13.3. The van der Waals surface area contributed by atoms with Crippen LogP contribution in [0.15, 0.2) is 36.4 Å². The van der Waals surface area contributed by atoms with Gasteiger partial charge in [-0.15, -0.1) is 0 Å². The lowest BCUT2D eigenvalue weighted by atomic mass is 9.45. The number of benzene rings is 2. The lowest BCUT2D eigenvalue weighted by Gasteiger charge is -2.62. The van der Waals surface area contributed by atoms with Crippen molar-refractivity contribution in [2.45, 2.75) is 90.3 Å². The summed E-state index contributed by atoms with van der Waals surface area (Å²) in [6.07, 6.45) is 2.34. The molecule has 5 fully saturated rings. The Balaban J connectivity index is 1.28. The summed E-state index contributed by atoms with van der Waals surface area (Å²) in [5, 5.41) is 29.3. The Bertz CT molecular complexity index is 1740. The average Bonchev–Trinajstić information content (AvgIpc) is 3.83. The Morgan fingerprint density at radius 3 is 2.38 bits per heavy atom. The quantitative estimate of drug-likeness (QED) is 0.225. The number of fused-ring (bicyclic) bond motifs is 2. The van der Waals surface area contributed by atoms with Crippen molar-refractivity contribution in [3.8, 4) is 16.9 Å². The van der Waals surface area contributed by atoms with Crippen LogP contribution in [0.25, 0.3) is 11.1 Å². The van der Waals surface area contributed by atoms with E-state index in [-0.39, 0.29) is 42.3 Å². The highest BCUT2D eigenvalue weighted by atomic mass is 16.7. The fraction of sp³-hybridized carbons (Fsp3) is 0.651. The molecule has 0 unspecified atom stereocenters. The van der Waals surface area contributed by atoms with Crippen LogP contribution in [-0.2, 0) is 21.0 Å². The maximum atomic E-state index is 14.3. The predicted molar refractivity (Wildman–Crippen MR) is 216 cm³/mol. The van der Waals surface area contributed by atoms with Crippen LogP contribution >= 0.6 is 0 Å². The van der Waals surface area contributed by atoms with Crippen molar-refractivity contribution in [1.82, 2.24) is 25.5 Å². The van der Waals surface area contributed by atoms with Gasteiger partial charge in [0, 0.05) is 68.1 Å². The fourth-order valence-electron chi connectivity index (χ4n) is 9.94. The van der Waals surface area contributed by atoms with Gasteiger partial charge in [0.15, 0.2) is 0 Å². The molecular weight excluding hydrogens is 713 g/mol. The van der Waals surface area contributed by atoms with Crippen LogP contribution in [0.3, 0.4) is 0 Å². The summed E-state index contributed by atoms with van der Waals surface area (Å²) in [6.45, 7) is 10.1. The van der Waals surface area contributed by atoms with E-state index < -0.39 is 30.2 Å². The number of amides is 3. The van der Waals surface area contributed by atoms with Gasteiger partial charge in [0.05, 0.1) is 26.4 Å². The highest BCUT2D eigenvalue weighted by molar-refractivity contribution is 6.00. The molecule has 2 saturated heterocycles. The van der Waals surface area contributed by atoms with Gasteiger partial charge in [0.1, 0.15) is 23.9 Å². The summed E-state index contributed by atoms with van der Waals surface area (Å²) < 4.78 is 6.08. The Kier molecular flexibility index (Phi) is 12.7. The smallest absolute Gasteiger partial charge is 0.252 e. The number of aliphatic hydroxyl groups excluding tert-OH is 2. The number of rotatable bonds is 14. The monoisotopic (exact) mass is 776 g/mol. The van der Waals surface area contributed by atoms with Crippen molar-refractivity contribution in [1.29, 1.82) is 0 Å². The SMILES string of the molecule is COc1c(CN2O[C@@H](CO)[C@H]([C@H](C)O)[C@H]2C(=O)N[C@H]2C[C@@H]3C[C@H]([C@@H]2C)C3(C)C)cccc1-c1cc(C(=O)N[C@H](CN(C)C)C(=O)N2CCCC2)cc(N(C)C)c1. The molecule has 9 atom stereocenters. The van der Waals surface area contributed by atoms with E-state index in [1.54, 1.807) is 19.1 Å². The molecule has 308 valence electrons. The van der Waals surface area contributed by atoms with Crippen molar-refractivity contribution in [2.75, 3.05) is 66.4 Å². The number of carbonyl (C=O) groups excluding carboxylic acids is 3. The summed E-state index contributed by atoms with van der Waals surface area (Å²) in [4.78, 5) is 53.7. The number of likely N-dealkylation sites (tertiary alicyclic amines) is 1. The van der Waals surface area contributed by atoms with Gasteiger partial charge < -0.3 is 40.3 Å². The number of likely N-dealkylation sites (N-methyl/N-ethyl adjacent to an activating group) is 1. The second-order valence-electron chi connectivity index (χ2n) is 17.7. The number of hydrogen-bond acceptors (Lipinski definition) is 10. The van der Waals surface area contributed by atoms with E-state index in [1.165, 1.54) is 6.42 Å². The summed E-state index contributed by atoms with van der Waals surface area (Å²) in [7, 11) is 9.17. The summed E-state index contributed by atoms with van der Waals surface area (Å²) >= 11 is 0. The number of hydrogen-bond donors (Lipinski definition) is 4. The van der Waals surface area contributed by atoms with Gasteiger partial charge in [-0.1, -0.05) is 39.0 Å². The maximum absolute atomic E-state index is 14.3. The van der Waals surface area contributed by atoms with E-state index in [2.05, 4.69) is 31.4 Å². The molecule has 2 aromatic carbocycles. The molecule has 3 aliphatic carbocycles. The van der Waals surface area contributed by atoms with Crippen molar-refractivity contribution in [3.63, 3.8) is 0 Å². The summed E-state index contributed by atoms with van der Waals surface area (Å²) in [6, 6.07) is 9.80. The van der Waals surface area contributed by atoms with Gasteiger partial charge >= 0.3 is 0 Å². The maximum Gasteiger partial charge on any atom is 0.252 e. The van der Waals surface area contributed by atoms with Crippen LogP contribution in [0, 0.1) is 29.1 Å². The molecule has 0 aromatic heterocycles. The third kappa shape index (κ3) is 8.29. The first kappa shape index (κ1) is 41.9. The normalized spacial score (nSPS) is 28.1. The van der Waals surface area contributed by atoms with Gasteiger partial charge in [-0.25, -0.2) is 0 Å². The lowest BCUT2D eigenvalue weighted by molar-refractivity contribution is -0.183. The molecule has 3 saturated carbocycles. The zero-order valence-corrected chi connectivity index (χ0v) is 34.7. The van der Waals surface area contributed by atoms with Crippen molar-refractivity contribution in [3.05, 3.63) is 47.5 Å². The molecule has 2 aliphatic heterocycles. The van der Waals surface area contributed by atoms with E-state index in [0.717, 1.165) is 41.6 Å². The number of carbonyl (C=O) groups is 3. The van der Waals surface area contributed by atoms with Crippen molar-refractivity contribution in [2.24, 2.45) is 29.1 Å². The highest BCUT2D eigenvalue weighted by Gasteiger charge is 2.57. The van der Waals surface area contributed by atoms with Crippen molar-refractivity contribution < 1.29 is 34.2 Å². The highest BCUT2D eigenvalue weighted by Crippen LogP contribution is 2.61. The standard InChI is InChI=1S/C43H64N6O7/c1-25-33-20-30(43(33,3)4)21-34(25)44-41(53)38-37(26(2)51)36(24-50)56-49(38)22-27-13-12-14-32(39(27)55-9)28-17-29(19-31(18-28)47(7)8)40(52)45-35(23-46(5)6)42(54)48-15-10-11-16-48/h12-14,17-19,25-26,30,33-38,50-51H,10-11,15-16,20-24H2,1-9H3,(H,44,53)(H,45,52)/t25-,26-,30-,33+,34-,35+,36-,37-,38-/m0/s1. The van der Waals surface area contributed by atoms with Gasteiger partial charge in [-0.2, -0.15) is 5.06 Å². The lowest BCUT2D eigenvalue weighted by Crippen LogP contribution is -2.62. The van der Waals surface area contributed by atoms with Crippen LogP contribution in [0.2, 0.25) is 0 Å². The van der Waals surface area contributed by atoms with Crippen LogP contribution in [0.5, 0.6) is 5.75 Å². The van der Waals surface area contributed by atoms with Crippen LogP contribution in [0.1, 0.15) is 69.3 Å². The van der Waals surface area contributed by atoms with E-state index >= 15 is 0 Å². The molecule has 13 heteroatoms. The first-order valence-corrected chi connectivity index (χ1v) is 20.3. The largest absolute Gasteiger partial charge is 0.496 e. The fourth-order valence-corrected chi connectivity index (χ4v) is 9.94. The molecule has 2 bridgehead atoms. The van der Waals surface area contributed by atoms with Crippen LogP contribution in [0.4, 0.5) is 5.69 Å². The molecule has 5 aliphatic rings. The molecule has 56 heavy (non-hydrogen) atoms. The second-order valence-corrected chi connectivity index (χ2v) is 17.7. The molecule has 4 N–H and O–H groups in total. The summed E-state index contributed by atoms with van der Waals surface area (Å²) in [5.41, 5.74) is 3.65. The first-order chi connectivity index (χ1) is 26.5. The Morgan fingerprint density at radius 2 is 1.79 bits per heavy atom. The molecule has 7 rings (SSSR count). The Labute approximate surface area is 332 Å². The summed E-state index contributed by atoms with van der Waals surface area (Å²) in [5.74, 6) is 0.653. The number of para-hydroxylation sites is 1. The number of anilines is 1. The van der Waals surface area contributed by atoms with E-state index in [4.69, 9.17) is 9.57 Å². The predicted octanol–water partition coefficient (Wildman–Crippen LogP) is 3.37. The van der Waals surface area contributed by atoms with Gasteiger partial charge in [0.2, 0.25) is 11.8 Å². The molecule has 2 heterocycles. The molecular formula is C43H64N6O7. The van der Waals surface area contributed by atoms with E-state index in [9.17, 15) is 24.6 Å². The van der Waals surface area contributed by atoms with Crippen LogP contribution in [-0.4, -0.2) is 135 Å². The zero-order chi connectivity index (χ0) is 40.6. The molecule has 0 radical (unpaired) electrons. The van der Waals surface area contributed by atoms with Crippen molar-refractivity contribution >= 4 is 23.4 Å². The minimum Gasteiger partial charge on any atom is -0.496 e. The van der Waals surface area contributed by atoms with Gasteiger partial charge in [0.25, 0.3) is 5.91 Å². The first-order valence-electron chi connectivity index (χ1n) is 20.3. The minimum absolute atomic E-state index is 0.0219. The molecule has 13 nitrogen and oxygen atoms in total. The number of nitrogens with one attached hydrogen (secondary N) is 2. The van der Waals surface area contributed by atoms with E-state index in [1.807, 2.05) is 79.3 Å². The number of ether oxygens (including phenoxy) is 1. The number of methoxy groups -OCH3 is 1. The molecule has 2 aromatic rings. The van der Waals surface area contributed by atoms with Crippen LogP contribution < -0.4 is 20.3 Å². The number of aliphatic hydroxyl groups is 2. The van der Waals surface area contributed by atoms with Gasteiger partial charge in [-0.3, -0.25) is 19.2 Å². The Morgan fingerprint density at radius 1 is 1.07 bits per heavy atom. The third-order valence-electron chi connectivity index (χ3n) is 13.3.